The molecule has 0 aliphatic carbocycles. The van der Waals surface area contributed by atoms with Gasteiger partial charge < -0.3 is 20.4 Å². The quantitative estimate of drug-likeness (QED) is 0.600. The van der Waals surface area contributed by atoms with Gasteiger partial charge in [0.15, 0.2) is 0 Å². The largest absolute Gasteiger partial charge is 0.478 e. The third kappa shape index (κ3) is 3.63. The average molecular weight is 398 g/mol. The SMILES string of the molecule is O=C(O)c1cc(C(=O)O)c(C(=O)O)c(-c2ccc(C(F)(F)F)cc2)c1C(=O)O. The normalized spacial score (nSPS) is 11.1. The Bertz CT molecular complexity index is 956. The zero-order valence-electron chi connectivity index (χ0n) is 13.4. The minimum atomic E-state index is -4.74. The Kier molecular flexibility index (Phi) is 5.12. The van der Waals surface area contributed by atoms with Crippen molar-refractivity contribution >= 4 is 23.9 Å². The van der Waals surface area contributed by atoms with Crippen LogP contribution in [0.15, 0.2) is 30.3 Å². The van der Waals surface area contributed by atoms with Gasteiger partial charge in [0.1, 0.15) is 0 Å². The van der Waals surface area contributed by atoms with E-state index in [1.54, 1.807) is 0 Å². The van der Waals surface area contributed by atoms with Crippen molar-refractivity contribution in [2.24, 2.45) is 0 Å². The molecule has 0 atom stereocenters. The van der Waals surface area contributed by atoms with Gasteiger partial charge in [0.25, 0.3) is 0 Å². The molecule has 8 nitrogen and oxygen atoms in total. The van der Waals surface area contributed by atoms with Gasteiger partial charge >= 0.3 is 30.1 Å². The number of hydrogen-bond acceptors (Lipinski definition) is 4. The summed E-state index contributed by atoms with van der Waals surface area (Å²) in [6.07, 6.45) is -4.74. The lowest BCUT2D eigenvalue weighted by Crippen LogP contribution is -2.18. The Labute approximate surface area is 153 Å². The van der Waals surface area contributed by atoms with E-state index in [0.29, 0.717) is 18.2 Å². The van der Waals surface area contributed by atoms with Crippen LogP contribution in [0.4, 0.5) is 13.2 Å². The van der Waals surface area contributed by atoms with E-state index in [4.69, 9.17) is 0 Å². The average Bonchev–Trinajstić information content (AvgIpc) is 2.58. The molecular formula is C17H9F3O8. The number of carboxylic acid groups (broad SMARTS) is 4. The van der Waals surface area contributed by atoms with Crippen molar-refractivity contribution in [1.82, 2.24) is 0 Å². The zero-order valence-corrected chi connectivity index (χ0v) is 13.4. The maximum Gasteiger partial charge on any atom is 0.416 e. The van der Waals surface area contributed by atoms with Crippen LogP contribution >= 0.6 is 0 Å². The molecule has 0 fully saturated rings. The summed E-state index contributed by atoms with van der Waals surface area (Å²) in [4.78, 5) is 46.0. The molecule has 0 unspecified atom stereocenters. The maximum atomic E-state index is 12.7. The number of halogens is 3. The van der Waals surface area contributed by atoms with Gasteiger partial charge in [-0.05, 0) is 23.8 Å². The predicted octanol–water partition coefficient (Wildman–Crippen LogP) is 3.17. The fraction of sp³-hybridized carbons (Fsp3) is 0.0588. The van der Waals surface area contributed by atoms with Gasteiger partial charge in [0.05, 0.1) is 27.8 Å². The van der Waals surface area contributed by atoms with Crippen molar-refractivity contribution in [3.05, 3.63) is 58.1 Å². The van der Waals surface area contributed by atoms with Crippen LogP contribution in [0.3, 0.4) is 0 Å². The van der Waals surface area contributed by atoms with Crippen LogP contribution < -0.4 is 0 Å². The van der Waals surface area contributed by atoms with E-state index in [0.717, 1.165) is 12.1 Å². The first-order valence-corrected chi connectivity index (χ1v) is 7.18. The monoisotopic (exact) mass is 398 g/mol. The number of rotatable bonds is 5. The Balaban J connectivity index is 3.01. The van der Waals surface area contributed by atoms with E-state index < -0.39 is 69.0 Å². The first-order valence-electron chi connectivity index (χ1n) is 7.18. The standard InChI is InChI=1S/C17H9F3O8/c18-17(19,20)7-3-1-6(2-4-7)10-11(15(25)26)8(13(21)22)5-9(14(23)24)12(10)16(27)28/h1-5H,(H,21,22)(H,23,24)(H,25,26)(H,27,28). The van der Waals surface area contributed by atoms with Gasteiger partial charge in [-0.2, -0.15) is 13.2 Å². The zero-order chi connectivity index (χ0) is 21.4. The van der Waals surface area contributed by atoms with Gasteiger partial charge in [-0.15, -0.1) is 0 Å². The topological polar surface area (TPSA) is 149 Å². The van der Waals surface area contributed by atoms with Gasteiger partial charge in [0, 0.05) is 5.56 Å². The molecule has 0 aromatic heterocycles. The van der Waals surface area contributed by atoms with Crippen molar-refractivity contribution in [3.8, 4) is 11.1 Å². The first-order chi connectivity index (χ1) is 12.9. The van der Waals surface area contributed by atoms with Crippen LogP contribution in [0.1, 0.15) is 47.0 Å². The molecule has 0 saturated carbocycles. The van der Waals surface area contributed by atoms with Crippen LogP contribution in [0.5, 0.6) is 0 Å². The molecule has 0 aliphatic rings. The molecule has 0 spiro atoms. The maximum absolute atomic E-state index is 12.7. The van der Waals surface area contributed by atoms with E-state index in [1.165, 1.54) is 0 Å². The van der Waals surface area contributed by atoms with Crippen LogP contribution in [0, 0.1) is 0 Å². The second-order valence-electron chi connectivity index (χ2n) is 5.39. The molecule has 2 aromatic rings. The van der Waals surface area contributed by atoms with Gasteiger partial charge in [0.2, 0.25) is 0 Å². The number of aromatic carboxylic acids is 4. The highest BCUT2D eigenvalue weighted by molar-refractivity contribution is 6.15. The molecule has 0 radical (unpaired) electrons. The van der Waals surface area contributed by atoms with Gasteiger partial charge in [-0.1, -0.05) is 12.1 Å². The summed E-state index contributed by atoms with van der Waals surface area (Å²) in [5.74, 6) is -7.51. The highest BCUT2D eigenvalue weighted by Crippen LogP contribution is 2.36. The molecular weight excluding hydrogens is 389 g/mol. The smallest absolute Gasteiger partial charge is 0.416 e. The highest BCUT2D eigenvalue weighted by atomic mass is 19.4. The molecule has 2 aromatic carbocycles. The van der Waals surface area contributed by atoms with Gasteiger partial charge in [-0.3, -0.25) is 0 Å². The lowest BCUT2D eigenvalue weighted by Gasteiger charge is -2.16. The number of carboxylic acids is 4. The number of carbonyl (C=O) groups is 4. The van der Waals surface area contributed by atoms with Crippen LogP contribution in [-0.4, -0.2) is 44.3 Å². The highest BCUT2D eigenvalue weighted by Gasteiger charge is 2.33. The summed E-state index contributed by atoms with van der Waals surface area (Å²) in [6, 6.07) is 2.90. The van der Waals surface area contributed by atoms with Crippen LogP contribution in [-0.2, 0) is 6.18 Å². The fourth-order valence-corrected chi connectivity index (χ4v) is 2.58. The lowest BCUT2D eigenvalue weighted by molar-refractivity contribution is -0.137. The fourth-order valence-electron chi connectivity index (χ4n) is 2.58. The van der Waals surface area contributed by atoms with E-state index >= 15 is 0 Å². The third-order valence-corrected chi connectivity index (χ3v) is 3.72. The molecule has 0 aliphatic heterocycles. The Morgan fingerprint density at radius 2 is 1.07 bits per heavy atom. The summed E-state index contributed by atoms with van der Waals surface area (Å²) in [5.41, 5.74) is -6.53. The number of hydrogen-bond donors (Lipinski definition) is 4. The Morgan fingerprint density at radius 3 is 1.36 bits per heavy atom. The number of benzene rings is 2. The second-order valence-corrected chi connectivity index (χ2v) is 5.39. The van der Waals surface area contributed by atoms with E-state index in [1.807, 2.05) is 0 Å². The van der Waals surface area contributed by atoms with E-state index in [9.17, 15) is 52.8 Å². The minimum absolute atomic E-state index is 0.380. The van der Waals surface area contributed by atoms with Crippen molar-refractivity contribution in [3.63, 3.8) is 0 Å². The van der Waals surface area contributed by atoms with Crippen molar-refractivity contribution in [2.45, 2.75) is 6.18 Å². The molecule has 0 heterocycles. The first kappa shape index (κ1) is 20.4. The summed E-state index contributed by atoms with van der Waals surface area (Å²) in [5, 5.41) is 37.2. The van der Waals surface area contributed by atoms with Crippen LogP contribution in [0.2, 0.25) is 0 Å². The summed E-state index contributed by atoms with van der Waals surface area (Å²) in [6.45, 7) is 0. The third-order valence-electron chi connectivity index (χ3n) is 3.72. The van der Waals surface area contributed by atoms with Gasteiger partial charge in [-0.25, -0.2) is 19.2 Å². The summed E-state index contributed by atoms with van der Waals surface area (Å²) in [7, 11) is 0. The Morgan fingerprint density at radius 1 is 0.679 bits per heavy atom. The van der Waals surface area contributed by atoms with E-state index in [-0.39, 0.29) is 0 Å². The molecule has 146 valence electrons. The predicted molar refractivity (Wildman–Crippen MR) is 84.7 cm³/mol. The van der Waals surface area contributed by atoms with Crippen molar-refractivity contribution in [2.75, 3.05) is 0 Å². The molecule has 28 heavy (non-hydrogen) atoms. The molecule has 0 saturated heterocycles. The second kappa shape index (κ2) is 7.02. The van der Waals surface area contributed by atoms with E-state index in [2.05, 4.69) is 0 Å². The van der Waals surface area contributed by atoms with Crippen molar-refractivity contribution in [1.29, 1.82) is 0 Å². The molecule has 4 N–H and O–H groups in total. The molecule has 2 rings (SSSR count). The Hall–Kier alpha value is -3.89. The number of alkyl halides is 3. The van der Waals surface area contributed by atoms with Crippen molar-refractivity contribution < 1.29 is 52.8 Å². The lowest BCUT2D eigenvalue weighted by atomic mass is 9.87. The van der Waals surface area contributed by atoms with Crippen LogP contribution in [0.25, 0.3) is 11.1 Å². The molecule has 11 heteroatoms. The minimum Gasteiger partial charge on any atom is -0.478 e. The molecule has 0 amide bonds. The summed E-state index contributed by atoms with van der Waals surface area (Å²) >= 11 is 0. The molecule has 0 bridgehead atoms. The summed E-state index contributed by atoms with van der Waals surface area (Å²) < 4.78 is 38.2.